The summed E-state index contributed by atoms with van der Waals surface area (Å²) < 4.78 is 1.35. The molecule has 2 unspecified atom stereocenters. The third-order valence-electron chi connectivity index (χ3n) is 7.00. The lowest BCUT2D eigenvalue weighted by molar-refractivity contribution is 0.170. The van der Waals surface area contributed by atoms with Gasteiger partial charge in [-0.15, -0.1) is 11.3 Å². The van der Waals surface area contributed by atoms with E-state index in [1.54, 1.807) is 0 Å². The van der Waals surface area contributed by atoms with Crippen molar-refractivity contribution in [1.29, 1.82) is 0 Å². The number of fused-ring (bicyclic) bond motifs is 1. The number of nitrogens with zero attached hydrogens (tertiary/aromatic N) is 2. The summed E-state index contributed by atoms with van der Waals surface area (Å²) in [6.45, 7) is 14.6. The van der Waals surface area contributed by atoms with Gasteiger partial charge in [-0.1, -0.05) is 26.5 Å². The highest BCUT2D eigenvalue weighted by Crippen LogP contribution is 2.32. The van der Waals surface area contributed by atoms with Gasteiger partial charge < -0.3 is 15.5 Å². The first-order chi connectivity index (χ1) is 14.5. The molecule has 166 valence electrons. The Morgan fingerprint density at radius 1 is 1.20 bits per heavy atom. The van der Waals surface area contributed by atoms with Crippen LogP contribution >= 0.6 is 11.3 Å². The summed E-state index contributed by atoms with van der Waals surface area (Å²) in [7, 11) is 0. The maximum atomic E-state index is 6.08. The fourth-order valence-electron chi connectivity index (χ4n) is 5.16. The zero-order chi connectivity index (χ0) is 21.5. The molecule has 2 N–H and O–H groups in total. The van der Waals surface area contributed by atoms with Gasteiger partial charge in [-0.3, -0.25) is 0 Å². The average Bonchev–Trinajstić information content (AvgIpc) is 3.23. The standard InChI is InChI=1S/C26H41N3S/c1-5-28(16-14-22-10-12-23(27)13-11-22)21(4)18-20(3)19-29(6-2)25-8-7-9-26-24(25)15-17-30-26/h6-9,15,17,20-23H,2,5,10-14,16,18-19,27H2,1,3-4H3. The van der Waals surface area contributed by atoms with E-state index in [4.69, 9.17) is 5.73 Å². The van der Waals surface area contributed by atoms with Gasteiger partial charge in [0, 0.05) is 34.4 Å². The lowest BCUT2D eigenvalue weighted by Gasteiger charge is -2.34. The quantitative estimate of drug-likeness (QED) is 0.444. The molecule has 30 heavy (non-hydrogen) atoms. The van der Waals surface area contributed by atoms with E-state index in [9.17, 15) is 0 Å². The molecule has 0 bridgehead atoms. The van der Waals surface area contributed by atoms with Crippen molar-refractivity contribution < 1.29 is 0 Å². The molecule has 2 aromatic rings. The summed E-state index contributed by atoms with van der Waals surface area (Å²) in [5.41, 5.74) is 7.36. The number of rotatable bonds is 11. The number of nitrogens with two attached hydrogens (primary N) is 1. The highest BCUT2D eigenvalue weighted by atomic mass is 32.1. The number of hydrogen-bond donors (Lipinski definition) is 1. The number of benzene rings is 1. The molecule has 2 atom stereocenters. The molecular weight excluding hydrogens is 386 g/mol. The second-order valence-corrected chi connectivity index (χ2v) is 10.3. The van der Waals surface area contributed by atoms with Gasteiger partial charge >= 0.3 is 0 Å². The third-order valence-corrected chi connectivity index (χ3v) is 7.88. The van der Waals surface area contributed by atoms with Crippen molar-refractivity contribution in [3.05, 3.63) is 42.4 Å². The molecule has 1 heterocycles. The first kappa shape index (κ1) is 23.3. The van der Waals surface area contributed by atoms with Crippen LogP contribution in [0.5, 0.6) is 0 Å². The van der Waals surface area contributed by atoms with Gasteiger partial charge in [0.1, 0.15) is 0 Å². The monoisotopic (exact) mass is 427 g/mol. The molecule has 4 heteroatoms. The molecule has 1 saturated carbocycles. The zero-order valence-corrected chi connectivity index (χ0v) is 20.0. The van der Waals surface area contributed by atoms with Crippen molar-refractivity contribution in [1.82, 2.24) is 4.90 Å². The van der Waals surface area contributed by atoms with Crippen LogP contribution in [0.25, 0.3) is 10.1 Å². The van der Waals surface area contributed by atoms with Crippen LogP contribution in [-0.2, 0) is 0 Å². The maximum absolute atomic E-state index is 6.08. The summed E-state index contributed by atoms with van der Waals surface area (Å²) in [5.74, 6) is 1.49. The van der Waals surface area contributed by atoms with Crippen LogP contribution in [-0.4, -0.2) is 36.6 Å². The van der Waals surface area contributed by atoms with Crippen molar-refractivity contribution in [3.8, 4) is 0 Å². The van der Waals surface area contributed by atoms with Crippen molar-refractivity contribution in [2.75, 3.05) is 24.5 Å². The molecule has 0 amide bonds. The van der Waals surface area contributed by atoms with Crippen molar-refractivity contribution in [2.24, 2.45) is 17.6 Å². The Hall–Kier alpha value is -1.36. The SMILES string of the molecule is C=CN(CC(C)CC(C)N(CC)CCC1CCC(N)CC1)c1cccc2sccc12. The third kappa shape index (κ3) is 6.09. The number of hydrogen-bond acceptors (Lipinski definition) is 4. The van der Waals surface area contributed by atoms with Gasteiger partial charge in [0.2, 0.25) is 0 Å². The minimum atomic E-state index is 0.455. The molecule has 1 aromatic heterocycles. The molecule has 1 aliphatic carbocycles. The van der Waals surface area contributed by atoms with Crippen molar-refractivity contribution >= 4 is 27.1 Å². The lowest BCUT2D eigenvalue weighted by Crippen LogP contribution is -2.37. The Morgan fingerprint density at radius 2 is 1.97 bits per heavy atom. The molecule has 0 spiro atoms. The normalized spacial score (nSPS) is 21.6. The molecule has 1 aromatic carbocycles. The smallest absolute Gasteiger partial charge is 0.0494 e. The van der Waals surface area contributed by atoms with Gasteiger partial charge in [-0.05, 0) is 100 Å². The minimum absolute atomic E-state index is 0.455. The Kier molecular flexibility index (Phi) is 8.79. The van der Waals surface area contributed by atoms with Crippen LogP contribution in [0.3, 0.4) is 0 Å². The Bertz CT molecular complexity index is 777. The molecule has 0 saturated heterocycles. The molecular formula is C26H41N3S. The van der Waals surface area contributed by atoms with Crippen LogP contribution < -0.4 is 10.6 Å². The van der Waals surface area contributed by atoms with E-state index >= 15 is 0 Å². The number of thiophene rings is 1. The van der Waals surface area contributed by atoms with Gasteiger partial charge in [0.25, 0.3) is 0 Å². The van der Waals surface area contributed by atoms with E-state index in [1.807, 2.05) is 17.5 Å². The van der Waals surface area contributed by atoms with E-state index in [0.29, 0.717) is 18.0 Å². The molecule has 0 radical (unpaired) electrons. The van der Waals surface area contributed by atoms with Gasteiger partial charge in [0.05, 0.1) is 0 Å². The number of anilines is 1. The van der Waals surface area contributed by atoms with E-state index in [1.165, 1.54) is 60.8 Å². The molecule has 3 nitrogen and oxygen atoms in total. The Balaban J connectivity index is 1.52. The van der Waals surface area contributed by atoms with Crippen LogP contribution in [0.1, 0.15) is 59.3 Å². The summed E-state index contributed by atoms with van der Waals surface area (Å²) in [6, 6.07) is 9.89. The molecule has 0 aliphatic heterocycles. The first-order valence-corrected chi connectivity index (χ1v) is 12.7. The fraction of sp³-hybridized carbons (Fsp3) is 0.615. The predicted octanol–water partition coefficient (Wildman–Crippen LogP) is 6.50. The maximum Gasteiger partial charge on any atom is 0.0494 e. The highest BCUT2D eigenvalue weighted by Gasteiger charge is 2.22. The molecule has 3 rings (SSSR count). The van der Waals surface area contributed by atoms with E-state index in [0.717, 1.165) is 19.0 Å². The van der Waals surface area contributed by atoms with Crippen LogP contribution in [0.4, 0.5) is 5.69 Å². The summed E-state index contributed by atoms with van der Waals surface area (Å²) in [4.78, 5) is 5.02. The van der Waals surface area contributed by atoms with E-state index in [2.05, 4.69) is 66.8 Å². The Morgan fingerprint density at radius 3 is 2.67 bits per heavy atom. The van der Waals surface area contributed by atoms with E-state index < -0.39 is 0 Å². The second-order valence-electron chi connectivity index (χ2n) is 9.33. The highest BCUT2D eigenvalue weighted by molar-refractivity contribution is 7.17. The lowest BCUT2D eigenvalue weighted by atomic mass is 9.84. The fourth-order valence-corrected chi connectivity index (χ4v) is 5.96. The van der Waals surface area contributed by atoms with Gasteiger partial charge in [-0.2, -0.15) is 0 Å². The summed E-state index contributed by atoms with van der Waals surface area (Å²) in [5, 5.41) is 3.52. The van der Waals surface area contributed by atoms with Crippen molar-refractivity contribution in [3.63, 3.8) is 0 Å². The van der Waals surface area contributed by atoms with Crippen LogP contribution in [0.15, 0.2) is 42.4 Å². The van der Waals surface area contributed by atoms with Crippen LogP contribution in [0, 0.1) is 11.8 Å². The summed E-state index contributed by atoms with van der Waals surface area (Å²) in [6.07, 6.45) is 9.64. The predicted molar refractivity (Wildman–Crippen MR) is 134 cm³/mol. The van der Waals surface area contributed by atoms with Crippen molar-refractivity contribution in [2.45, 2.75) is 71.4 Å². The topological polar surface area (TPSA) is 32.5 Å². The average molecular weight is 428 g/mol. The second kappa shape index (κ2) is 11.3. The zero-order valence-electron chi connectivity index (χ0n) is 19.2. The van der Waals surface area contributed by atoms with Crippen LogP contribution in [0.2, 0.25) is 0 Å². The minimum Gasteiger partial charge on any atom is -0.348 e. The van der Waals surface area contributed by atoms with E-state index in [-0.39, 0.29) is 0 Å². The largest absolute Gasteiger partial charge is 0.348 e. The molecule has 1 aliphatic rings. The molecule has 1 fully saturated rings. The first-order valence-electron chi connectivity index (χ1n) is 11.9. The summed E-state index contributed by atoms with van der Waals surface area (Å²) >= 11 is 1.81. The van der Waals surface area contributed by atoms with Gasteiger partial charge in [0.15, 0.2) is 0 Å². The van der Waals surface area contributed by atoms with Gasteiger partial charge in [-0.25, -0.2) is 0 Å². The Labute approximate surface area is 187 Å².